The van der Waals surface area contributed by atoms with Crippen LogP contribution in [0.2, 0.25) is 0 Å². The fourth-order valence-electron chi connectivity index (χ4n) is 3.39. The van der Waals surface area contributed by atoms with Crippen LogP contribution in [0.25, 0.3) is 0 Å². The first kappa shape index (κ1) is 17.9. The van der Waals surface area contributed by atoms with Crippen LogP contribution in [-0.4, -0.2) is 41.9 Å². The summed E-state index contributed by atoms with van der Waals surface area (Å²) < 4.78 is 4.29. The Morgan fingerprint density at radius 1 is 1.24 bits per heavy atom. The van der Waals surface area contributed by atoms with Crippen molar-refractivity contribution in [2.24, 2.45) is 0 Å². The number of amides is 1. The molecule has 1 saturated heterocycles. The highest BCUT2D eigenvalue weighted by molar-refractivity contribution is 7.10. The van der Waals surface area contributed by atoms with Crippen LogP contribution in [-0.2, 0) is 0 Å². The van der Waals surface area contributed by atoms with Crippen molar-refractivity contribution in [3.05, 3.63) is 46.6 Å². The summed E-state index contributed by atoms with van der Waals surface area (Å²) >= 11 is 1.33. The molecule has 2 aromatic rings. The summed E-state index contributed by atoms with van der Waals surface area (Å²) in [6, 6.07) is 8.87. The first-order valence-corrected chi connectivity index (χ1v) is 9.60. The number of carbonyl (C=O) groups excluding carboxylic acids is 1. The van der Waals surface area contributed by atoms with Gasteiger partial charge in [-0.1, -0.05) is 29.8 Å². The molecule has 1 fully saturated rings. The van der Waals surface area contributed by atoms with Crippen LogP contribution in [0.1, 0.15) is 46.1 Å². The molecule has 0 bridgehead atoms. The van der Waals surface area contributed by atoms with Crippen molar-refractivity contribution in [2.45, 2.75) is 32.7 Å². The molecule has 3 rings (SSSR count). The van der Waals surface area contributed by atoms with E-state index in [4.69, 9.17) is 0 Å². The zero-order chi connectivity index (χ0) is 17.8. The molecule has 1 aliphatic rings. The first-order valence-electron chi connectivity index (χ1n) is 8.83. The average Bonchev–Trinajstić information content (AvgIpc) is 3.26. The lowest BCUT2D eigenvalue weighted by atomic mass is 10.0. The van der Waals surface area contributed by atoms with Gasteiger partial charge in [0.15, 0.2) is 0 Å². The smallest absolute Gasteiger partial charge is 0.256 e. The number of aromatic nitrogens is 1. The van der Waals surface area contributed by atoms with Gasteiger partial charge in [-0.25, -0.2) is 0 Å². The number of nitrogens with zero attached hydrogens (tertiary/aromatic N) is 2. The van der Waals surface area contributed by atoms with Gasteiger partial charge in [-0.05, 0) is 56.9 Å². The summed E-state index contributed by atoms with van der Waals surface area (Å²) in [5.41, 5.74) is 3.96. The summed E-state index contributed by atoms with van der Waals surface area (Å²) in [6.45, 7) is 6.77. The predicted molar refractivity (Wildman–Crippen MR) is 103 cm³/mol. The topological polar surface area (TPSA) is 57.3 Å². The van der Waals surface area contributed by atoms with E-state index in [0.717, 1.165) is 23.8 Å². The van der Waals surface area contributed by atoms with Gasteiger partial charge >= 0.3 is 0 Å². The Hall–Kier alpha value is -1.92. The third-order valence-electron chi connectivity index (χ3n) is 4.82. The van der Waals surface area contributed by atoms with E-state index in [0.29, 0.717) is 12.1 Å². The molecular formula is C19H26N4OS. The van der Waals surface area contributed by atoms with Gasteiger partial charge in [0.1, 0.15) is 5.00 Å². The SMILES string of the molecule is CNc1snc(C)c1C(=O)NCC(c1ccc(C)cc1)N1CCCC1. The molecule has 0 spiro atoms. The van der Waals surface area contributed by atoms with Crippen molar-refractivity contribution in [3.63, 3.8) is 0 Å². The molecule has 2 N–H and O–H groups in total. The van der Waals surface area contributed by atoms with Gasteiger partial charge < -0.3 is 10.6 Å². The number of likely N-dealkylation sites (tertiary alicyclic amines) is 1. The molecule has 1 atom stereocenters. The third kappa shape index (κ3) is 4.02. The highest BCUT2D eigenvalue weighted by atomic mass is 32.1. The van der Waals surface area contributed by atoms with Gasteiger partial charge in [-0.2, -0.15) is 4.37 Å². The zero-order valence-corrected chi connectivity index (χ0v) is 15.9. The number of benzene rings is 1. The molecule has 0 saturated carbocycles. The van der Waals surface area contributed by atoms with E-state index in [1.807, 2.05) is 14.0 Å². The van der Waals surface area contributed by atoms with Gasteiger partial charge in [0.05, 0.1) is 17.3 Å². The quantitative estimate of drug-likeness (QED) is 0.831. The van der Waals surface area contributed by atoms with E-state index in [1.165, 1.54) is 35.5 Å². The van der Waals surface area contributed by atoms with Crippen molar-refractivity contribution < 1.29 is 4.79 Å². The molecule has 1 aromatic heterocycles. The van der Waals surface area contributed by atoms with Crippen LogP contribution in [0.5, 0.6) is 0 Å². The number of carbonyl (C=O) groups is 1. The summed E-state index contributed by atoms with van der Waals surface area (Å²) in [5.74, 6) is -0.0492. The Bertz CT molecular complexity index is 720. The number of hydrogen-bond acceptors (Lipinski definition) is 5. The minimum absolute atomic E-state index is 0.0492. The van der Waals surface area contributed by atoms with Gasteiger partial charge in [0, 0.05) is 13.6 Å². The van der Waals surface area contributed by atoms with Crippen LogP contribution in [0.4, 0.5) is 5.00 Å². The summed E-state index contributed by atoms with van der Waals surface area (Å²) in [7, 11) is 1.82. The Labute approximate surface area is 153 Å². The largest absolute Gasteiger partial charge is 0.378 e. The second-order valence-corrected chi connectivity index (χ2v) is 7.38. The maximum atomic E-state index is 12.7. The fraction of sp³-hybridized carbons (Fsp3) is 0.474. The molecule has 0 radical (unpaired) electrons. The molecule has 1 unspecified atom stereocenters. The van der Waals surface area contributed by atoms with E-state index < -0.39 is 0 Å². The third-order valence-corrected chi connectivity index (χ3v) is 5.77. The first-order chi connectivity index (χ1) is 12.1. The fourth-order valence-corrected chi connectivity index (χ4v) is 4.13. The number of anilines is 1. The van der Waals surface area contributed by atoms with Crippen LogP contribution >= 0.6 is 11.5 Å². The van der Waals surface area contributed by atoms with E-state index >= 15 is 0 Å². The van der Waals surface area contributed by atoms with Crippen LogP contribution in [0.3, 0.4) is 0 Å². The van der Waals surface area contributed by atoms with Gasteiger partial charge in [-0.15, -0.1) is 0 Å². The van der Waals surface area contributed by atoms with E-state index in [2.05, 4.69) is 51.1 Å². The molecule has 134 valence electrons. The molecule has 25 heavy (non-hydrogen) atoms. The Morgan fingerprint density at radius 3 is 2.56 bits per heavy atom. The normalized spacial score (nSPS) is 16.0. The van der Waals surface area contributed by atoms with Crippen molar-refractivity contribution in [1.82, 2.24) is 14.6 Å². The highest BCUT2D eigenvalue weighted by Gasteiger charge is 2.25. The number of aryl methyl sites for hydroxylation is 2. The minimum Gasteiger partial charge on any atom is -0.378 e. The van der Waals surface area contributed by atoms with Crippen LogP contribution in [0.15, 0.2) is 24.3 Å². The lowest BCUT2D eigenvalue weighted by molar-refractivity contribution is 0.0938. The second kappa shape index (κ2) is 7.97. The Morgan fingerprint density at radius 2 is 1.92 bits per heavy atom. The summed E-state index contributed by atoms with van der Waals surface area (Å²) in [4.78, 5) is 15.2. The second-order valence-electron chi connectivity index (χ2n) is 6.60. The number of nitrogens with one attached hydrogen (secondary N) is 2. The maximum Gasteiger partial charge on any atom is 0.256 e. The summed E-state index contributed by atoms with van der Waals surface area (Å²) in [5, 5.41) is 7.02. The standard InChI is InChI=1S/C19H26N4OS/c1-13-6-8-15(9-7-13)16(23-10-4-5-11-23)12-21-18(24)17-14(2)22-25-19(17)20-3/h6-9,16,20H,4-5,10-12H2,1-3H3,(H,21,24). The molecule has 1 amide bonds. The van der Waals surface area contributed by atoms with E-state index in [9.17, 15) is 4.79 Å². The lowest BCUT2D eigenvalue weighted by Gasteiger charge is -2.28. The highest BCUT2D eigenvalue weighted by Crippen LogP contribution is 2.26. The van der Waals surface area contributed by atoms with Gasteiger partial charge in [-0.3, -0.25) is 9.69 Å². The molecule has 2 heterocycles. The molecule has 0 aliphatic carbocycles. The lowest BCUT2D eigenvalue weighted by Crippen LogP contribution is -2.37. The monoisotopic (exact) mass is 358 g/mol. The van der Waals surface area contributed by atoms with Crippen molar-refractivity contribution in [1.29, 1.82) is 0 Å². The Balaban J connectivity index is 1.75. The summed E-state index contributed by atoms with van der Waals surface area (Å²) in [6.07, 6.45) is 2.46. The van der Waals surface area contributed by atoms with Gasteiger partial charge in [0.25, 0.3) is 5.91 Å². The zero-order valence-electron chi connectivity index (χ0n) is 15.1. The molecule has 1 aromatic carbocycles. The maximum absolute atomic E-state index is 12.7. The van der Waals surface area contributed by atoms with E-state index in [1.54, 1.807) is 0 Å². The number of hydrogen-bond donors (Lipinski definition) is 2. The predicted octanol–water partition coefficient (Wildman–Crippen LogP) is 3.37. The van der Waals surface area contributed by atoms with Gasteiger partial charge in [0.2, 0.25) is 0 Å². The van der Waals surface area contributed by atoms with Crippen LogP contribution < -0.4 is 10.6 Å². The van der Waals surface area contributed by atoms with Crippen molar-refractivity contribution >= 4 is 22.4 Å². The molecule has 1 aliphatic heterocycles. The van der Waals surface area contributed by atoms with Crippen molar-refractivity contribution in [2.75, 3.05) is 32.0 Å². The van der Waals surface area contributed by atoms with Crippen LogP contribution in [0, 0.1) is 13.8 Å². The molecule has 5 nitrogen and oxygen atoms in total. The van der Waals surface area contributed by atoms with Crippen molar-refractivity contribution in [3.8, 4) is 0 Å². The molecule has 6 heteroatoms. The van der Waals surface area contributed by atoms with E-state index in [-0.39, 0.29) is 11.9 Å². The number of rotatable bonds is 6. The minimum atomic E-state index is -0.0492. The molecular weight excluding hydrogens is 332 g/mol. The Kier molecular flexibility index (Phi) is 5.71. The average molecular weight is 359 g/mol.